The molecule has 22 heavy (non-hydrogen) atoms. The van der Waals surface area contributed by atoms with Gasteiger partial charge in [0.1, 0.15) is 11.6 Å². The van der Waals surface area contributed by atoms with Crippen molar-refractivity contribution >= 4 is 11.5 Å². The Labute approximate surface area is 129 Å². The Balaban J connectivity index is 1.72. The molecule has 1 atom stereocenters. The second-order valence-corrected chi connectivity index (χ2v) is 5.74. The Hall–Kier alpha value is -2.29. The lowest BCUT2D eigenvalue weighted by atomic mass is 9.82. The molecule has 0 unspecified atom stereocenters. The summed E-state index contributed by atoms with van der Waals surface area (Å²) in [4.78, 5) is 16.6. The van der Waals surface area contributed by atoms with E-state index in [9.17, 15) is 9.18 Å². The zero-order valence-electron chi connectivity index (χ0n) is 12.3. The molecule has 0 amide bonds. The van der Waals surface area contributed by atoms with Crippen molar-refractivity contribution in [3.8, 4) is 0 Å². The maximum absolute atomic E-state index is 12.9. The number of Topliss-reactive ketones (excluding diaryl/α,β-unsaturated/α-hetero) is 1. The Morgan fingerprint density at radius 2 is 1.73 bits per heavy atom. The summed E-state index contributed by atoms with van der Waals surface area (Å²) in [6.07, 6.45) is 1.88. The van der Waals surface area contributed by atoms with Crippen LogP contribution in [0.15, 0.2) is 59.6 Å². The molecule has 3 rings (SSSR count). The van der Waals surface area contributed by atoms with Crippen molar-refractivity contribution < 1.29 is 9.18 Å². The Kier molecular flexibility index (Phi) is 4.42. The van der Waals surface area contributed by atoms with Gasteiger partial charge < -0.3 is 0 Å². The van der Waals surface area contributed by atoms with Crippen LogP contribution < -0.4 is 0 Å². The monoisotopic (exact) mass is 295 g/mol. The Morgan fingerprint density at radius 1 is 1.00 bits per heavy atom. The molecular formula is C19H18FNO. The van der Waals surface area contributed by atoms with E-state index in [1.165, 1.54) is 17.7 Å². The molecule has 3 heteroatoms. The van der Waals surface area contributed by atoms with Gasteiger partial charge in [0.05, 0.1) is 6.54 Å². The number of halogens is 1. The highest BCUT2D eigenvalue weighted by molar-refractivity contribution is 6.05. The first-order valence-electron chi connectivity index (χ1n) is 7.54. The normalized spacial score (nSPS) is 20.3. The number of hydrogen-bond donors (Lipinski definition) is 0. The van der Waals surface area contributed by atoms with E-state index >= 15 is 0 Å². The van der Waals surface area contributed by atoms with Gasteiger partial charge in [-0.15, -0.1) is 0 Å². The number of hydrogen-bond acceptors (Lipinski definition) is 2. The van der Waals surface area contributed by atoms with Gasteiger partial charge in [-0.3, -0.25) is 9.79 Å². The Morgan fingerprint density at radius 3 is 2.45 bits per heavy atom. The Bertz CT molecular complexity index is 676. The average molecular weight is 295 g/mol. The first kappa shape index (κ1) is 14.6. The highest BCUT2D eigenvalue weighted by Gasteiger charge is 2.24. The summed E-state index contributed by atoms with van der Waals surface area (Å²) in [7, 11) is 0. The van der Waals surface area contributed by atoms with Crippen molar-refractivity contribution in [2.24, 2.45) is 4.99 Å². The van der Waals surface area contributed by atoms with Crippen LogP contribution >= 0.6 is 0 Å². The summed E-state index contributed by atoms with van der Waals surface area (Å²) in [6.45, 7) is 0.504. The van der Waals surface area contributed by atoms with Crippen LogP contribution in [0.25, 0.3) is 0 Å². The fraction of sp³-hybridized carbons (Fsp3) is 0.263. The summed E-state index contributed by atoms with van der Waals surface area (Å²) < 4.78 is 12.9. The quantitative estimate of drug-likeness (QED) is 0.830. The smallest absolute Gasteiger partial charge is 0.139 e. The molecule has 1 saturated carbocycles. The topological polar surface area (TPSA) is 29.4 Å². The van der Waals surface area contributed by atoms with Crippen LogP contribution in [0.4, 0.5) is 4.39 Å². The molecule has 0 aliphatic heterocycles. The fourth-order valence-electron chi connectivity index (χ4n) is 2.88. The summed E-state index contributed by atoms with van der Waals surface area (Å²) in [5.41, 5.74) is 3.11. The van der Waals surface area contributed by atoms with Gasteiger partial charge in [0, 0.05) is 18.6 Å². The third-order valence-corrected chi connectivity index (χ3v) is 4.03. The standard InChI is InChI=1S/C19H18FNO/c20-17-8-6-14(7-9-17)13-21-18-10-16(11-19(22)12-18)15-4-2-1-3-5-15/h1-9,16H,10-13H2/t16-/m0/s1. The van der Waals surface area contributed by atoms with Crippen molar-refractivity contribution in [2.45, 2.75) is 31.7 Å². The molecule has 0 heterocycles. The molecule has 2 aromatic rings. The van der Waals surface area contributed by atoms with Gasteiger partial charge in [0.2, 0.25) is 0 Å². The summed E-state index contributed by atoms with van der Waals surface area (Å²) in [5.74, 6) is 0.237. The van der Waals surface area contributed by atoms with Gasteiger partial charge in [0.15, 0.2) is 0 Å². The van der Waals surface area contributed by atoms with Gasteiger partial charge in [-0.2, -0.15) is 0 Å². The lowest BCUT2D eigenvalue weighted by Crippen LogP contribution is -2.21. The number of carbonyl (C=O) groups is 1. The number of rotatable bonds is 3. The maximum Gasteiger partial charge on any atom is 0.139 e. The van der Waals surface area contributed by atoms with Crippen molar-refractivity contribution in [3.63, 3.8) is 0 Å². The van der Waals surface area contributed by atoms with E-state index in [0.717, 1.165) is 17.7 Å². The summed E-state index contributed by atoms with van der Waals surface area (Å²) in [6, 6.07) is 16.5. The second kappa shape index (κ2) is 6.65. The van der Waals surface area contributed by atoms with Crippen LogP contribution in [0.5, 0.6) is 0 Å². The van der Waals surface area contributed by atoms with E-state index < -0.39 is 0 Å². The molecule has 0 bridgehead atoms. The second-order valence-electron chi connectivity index (χ2n) is 5.74. The number of carbonyl (C=O) groups excluding carboxylic acids is 1. The zero-order chi connectivity index (χ0) is 15.4. The van der Waals surface area contributed by atoms with E-state index in [0.29, 0.717) is 19.4 Å². The zero-order valence-corrected chi connectivity index (χ0v) is 12.3. The molecule has 2 nitrogen and oxygen atoms in total. The van der Waals surface area contributed by atoms with Crippen molar-refractivity contribution in [1.82, 2.24) is 0 Å². The first-order valence-corrected chi connectivity index (χ1v) is 7.54. The SMILES string of the molecule is O=C1CC(=NCc2ccc(F)cc2)C[C@H](c2ccccc2)C1. The van der Waals surface area contributed by atoms with Crippen LogP contribution in [-0.2, 0) is 11.3 Å². The molecule has 0 saturated heterocycles. The highest BCUT2D eigenvalue weighted by Crippen LogP contribution is 2.29. The minimum absolute atomic E-state index is 0.231. The number of nitrogens with zero attached hydrogens (tertiary/aromatic N) is 1. The molecule has 1 fully saturated rings. The predicted molar refractivity (Wildman–Crippen MR) is 85.6 cm³/mol. The number of aliphatic imine (C=N–C) groups is 1. The van der Waals surface area contributed by atoms with E-state index in [-0.39, 0.29) is 17.5 Å². The van der Waals surface area contributed by atoms with Crippen molar-refractivity contribution in [3.05, 3.63) is 71.5 Å². The molecule has 0 N–H and O–H groups in total. The van der Waals surface area contributed by atoms with Crippen LogP contribution in [-0.4, -0.2) is 11.5 Å². The van der Waals surface area contributed by atoms with Gasteiger partial charge in [-0.05, 0) is 35.6 Å². The molecular weight excluding hydrogens is 277 g/mol. The van der Waals surface area contributed by atoms with Crippen LogP contribution in [0.2, 0.25) is 0 Å². The summed E-state index contributed by atoms with van der Waals surface area (Å²) >= 11 is 0. The molecule has 0 radical (unpaired) electrons. The lowest BCUT2D eigenvalue weighted by Gasteiger charge is -2.23. The van der Waals surface area contributed by atoms with Gasteiger partial charge in [-0.25, -0.2) is 4.39 Å². The van der Waals surface area contributed by atoms with Gasteiger partial charge in [0.25, 0.3) is 0 Å². The summed E-state index contributed by atoms with van der Waals surface area (Å²) in [5, 5.41) is 0. The molecule has 0 aromatic heterocycles. The first-order chi connectivity index (χ1) is 10.7. The predicted octanol–water partition coefficient (Wildman–Crippen LogP) is 4.30. The van der Waals surface area contributed by atoms with E-state index in [1.807, 2.05) is 18.2 Å². The fourth-order valence-corrected chi connectivity index (χ4v) is 2.88. The van der Waals surface area contributed by atoms with Gasteiger partial charge >= 0.3 is 0 Å². The molecule has 1 aliphatic carbocycles. The van der Waals surface area contributed by atoms with E-state index in [1.54, 1.807) is 12.1 Å². The molecule has 1 aliphatic rings. The third-order valence-electron chi connectivity index (χ3n) is 4.03. The van der Waals surface area contributed by atoms with Crippen LogP contribution in [0.1, 0.15) is 36.3 Å². The minimum atomic E-state index is -0.242. The van der Waals surface area contributed by atoms with Crippen LogP contribution in [0, 0.1) is 5.82 Å². The largest absolute Gasteiger partial charge is 0.299 e. The molecule has 0 spiro atoms. The highest BCUT2D eigenvalue weighted by atomic mass is 19.1. The minimum Gasteiger partial charge on any atom is -0.299 e. The van der Waals surface area contributed by atoms with E-state index in [4.69, 9.17) is 0 Å². The van der Waals surface area contributed by atoms with E-state index in [2.05, 4.69) is 17.1 Å². The molecule has 112 valence electrons. The number of benzene rings is 2. The maximum atomic E-state index is 12.9. The van der Waals surface area contributed by atoms with Gasteiger partial charge in [-0.1, -0.05) is 42.5 Å². The molecule has 2 aromatic carbocycles. The van der Waals surface area contributed by atoms with Crippen molar-refractivity contribution in [1.29, 1.82) is 0 Å². The lowest BCUT2D eigenvalue weighted by molar-refractivity contribution is -0.118. The average Bonchev–Trinajstić information content (AvgIpc) is 2.55. The van der Waals surface area contributed by atoms with Crippen molar-refractivity contribution in [2.75, 3.05) is 0 Å². The third kappa shape index (κ3) is 3.67. The number of ketones is 1. The van der Waals surface area contributed by atoms with Crippen LogP contribution in [0.3, 0.4) is 0 Å².